The standard InChI is InChI=1S/C22H28O2/c1-3-5-8-13-18(4-2)22(23)24-21(19-14-9-6-10-15-19)20-16-11-7-12-17-20/h6-7,9-12,14-18,21H,3-5,8,13H2,1-2H3. The molecule has 0 saturated carbocycles. The zero-order valence-electron chi connectivity index (χ0n) is 14.8. The lowest BCUT2D eigenvalue weighted by Crippen LogP contribution is -2.20. The van der Waals surface area contributed by atoms with Gasteiger partial charge in [0.05, 0.1) is 5.92 Å². The summed E-state index contributed by atoms with van der Waals surface area (Å²) in [7, 11) is 0. The van der Waals surface area contributed by atoms with E-state index in [1.807, 2.05) is 60.7 Å². The van der Waals surface area contributed by atoms with Crippen LogP contribution in [0.5, 0.6) is 0 Å². The molecule has 0 heterocycles. The van der Waals surface area contributed by atoms with Crippen molar-refractivity contribution < 1.29 is 9.53 Å². The predicted molar refractivity (Wildman–Crippen MR) is 98.7 cm³/mol. The second-order valence-electron chi connectivity index (χ2n) is 6.24. The number of benzene rings is 2. The number of rotatable bonds is 9. The first-order valence-electron chi connectivity index (χ1n) is 9.06. The van der Waals surface area contributed by atoms with Crippen molar-refractivity contribution in [2.75, 3.05) is 0 Å². The van der Waals surface area contributed by atoms with Crippen molar-refractivity contribution in [1.29, 1.82) is 0 Å². The lowest BCUT2D eigenvalue weighted by atomic mass is 9.97. The van der Waals surface area contributed by atoms with Crippen LogP contribution in [0.15, 0.2) is 60.7 Å². The van der Waals surface area contributed by atoms with Gasteiger partial charge in [-0.3, -0.25) is 4.79 Å². The van der Waals surface area contributed by atoms with Gasteiger partial charge in [-0.2, -0.15) is 0 Å². The minimum absolute atomic E-state index is 0.00789. The minimum Gasteiger partial charge on any atom is -0.452 e. The van der Waals surface area contributed by atoms with Crippen molar-refractivity contribution in [2.24, 2.45) is 5.92 Å². The Kier molecular flexibility index (Phi) is 7.54. The van der Waals surface area contributed by atoms with Gasteiger partial charge in [-0.05, 0) is 24.0 Å². The highest BCUT2D eigenvalue weighted by atomic mass is 16.5. The summed E-state index contributed by atoms with van der Waals surface area (Å²) >= 11 is 0. The molecule has 1 atom stereocenters. The molecule has 1 unspecified atom stereocenters. The van der Waals surface area contributed by atoms with Crippen LogP contribution < -0.4 is 0 Å². The quantitative estimate of drug-likeness (QED) is 0.422. The van der Waals surface area contributed by atoms with E-state index < -0.39 is 0 Å². The van der Waals surface area contributed by atoms with Crippen LogP contribution in [0.3, 0.4) is 0 Å². The fourth-order valence-electron chi connectivity index (χ4n) is 2.93. The summed E-state index contributed by atoms with van der Waals surface area (Å²) in [4.78, 5) is 12.7. The molecule has 0 aliphatic rings. The maximum absolute atomic E-state index is 12.7. The number of hydrogen-bond donors (Lipinski definition) is 0. The highest BCUT2D eigenvalue weighted by Gasteiger charge is 2.24. The van der Waals surface area contributed by atoms with E-state index in [4.69, 9.17) is 4.74 Å². The van der Waals surface area contributed by atoms with Crippen molar-refractivity contribution in [3.8, 4) is 0 Å². The first-order valence-corrected chi connectivity index (χ1v) is 9.06. The third-order valence-electron chi connectivity index (χ3n) is 4.42. The Balaban J connectivity index is 2.14. The predicted octanol–water partition coefficient (Wildman–Crippen LogP) is 5.93. The molecular weight excluding hydrogens is 296 g/mol. The average Bonchev–Trinajstić information content (AvgIpc) is 2.64. The van der Waals surface area contributed by atoms with Gasteiger partial charge in [0.25, 0.3) is 0 Å². The van der Waals surface area contributed by atoms with Gasteiger partial charge < -0.3 is 4.74 Å². The van der Waals surface area contributed by atoms with E-state index in [0.29, 0.717) is 0 Å². The molecule has 0 spiro atoms. The average molecular weight is 324 g/mol. The van der Waals surface area contributed by atoms with Gasteiger partial charge in [0.15, 0.2) is 6.10 Å². The van der Waals surface area contributed by atoms with E-state index in [-0.39, 0.29) is 18.0 Å². The van der Waals surface area contributed by atoms with Crippen molar-refractivity contribution in [1.82, 2.24) is 0 Å². The van der Waals surface area contributed by atoms with E-state index in [1.165, 1.54) is 12.8 Å². The maximum atomic E-state index is 12.7. The molecule has 2 rings (SSSR count). The molecule has 0 radical (unpaired) electrons. The molecule has 2 heteroatoms. The van der Waals surface area contributed by atoms with Gasteiger partial charge in [-0.1, -0.05) is 93.8 Å². The van der Waals surface area contributed by atoms with E-state index in [9.17, 15) is 4.79 Å². The molecule has 0 aliphatic heterocycles. The Labute approximate surface area is 145 Å². The summed E-state index contributed by atoms with van der Waals surface area (Å²) < 4.78 is 5.97. The van der Waals surface area contributed by atoms with Gasteiger partial charge in [0.1, 0.15) is 0 Å². The Morgan fingerprint density at radius 1 is 0.875 bits per heavy atom. The van der Waals surface area contributed by atoms with Gasteiger partial charge in [-0.15, -0.1) is 0 Å². The molecule has 2 nitrogen and oxygen atoms in total. The van der Waals surface area contributed by atoms with Crippen molar-refractivity contribution in [3.63, 3.8) is 0 Å². The molecule has 0 fully saturated rings. The highest BCUT2D eigenvalue weighted by Crippen LogP contribution is 2.28. The van der Waals surface area contributed by atoms with Crippen LogP contribution in [0.25, 0.3) is 0 Å². The largest absolute Gasteiger partial charge is 0.452 e. The third kappa shape index (κ3) is 5.23. The summed E-state index contributed by atoms with van der Waals surface area (Å²) in [6.45, 7) is 4.25. The van der Waals surface area contributed by atoms with Crippen LogP contribution in [0.2, 0.25) is 0 Å². The summed E-state index contributed by atoms with van der Waals surface area (Å²) in [5, 5.41) is 0. The molecule has 0 N–H and O–H groups in total. The topological polar surface area (TPSA) is 26.3 Å². The second-order valence-corrected chi connectivity index (χ2v) is 6.24. The summed E-state index contributed by atoms with van der Waals surface area (Å²) in [5.41, 5.74) is 2.03. The molecule has 0 aliphatic carbocycles. The Hall–Kier alpha value is -2.09. The summed E-state index contributed by atoms with van der Waals surface area (Å²) in [6.07, 6.45) is 4.84. The number of carbonyl (C=O) groups is 1. The Morgan fingerprint density at radius 3 is 1.88 bits per heavy atom. The van der Waals surface area contributed by atoms with Crippen molar-refractivity contribution >= 4 is 5.97 Å². The molecule has 24 heavy (non-hydrogen) atoms. The molecule has 0 amide bonds. The monoisotopic (exact) mass is 324 g/mol. The SMILES string of the molecule is CCCCCC(CC)C(=O)OC(c1ccccc1)c1ccccc1. The molecule has 2 aromatic carbocycles. The van der Waals surface area contributed by atoms with Crippen LogP contribution in [0, 0.1) is 5.92 Å². The maximum Gasteiger partial charge on any atom is 0.309 e. The van der Waals surface area contributed by atoms with Crippen LogP contribution in [0.1, 0.15) is 63.2 Å². The van der Waals surface area contributed by atoms with E-state index in [0.717, 1.165) is 30.4 Å². The zero-order chi connectivity index (χ0) is 17.2. The third-order valence-corrected chi connectivity index (χ3v) is 4.42. The fourth-order valence-corrected chi connectivity index (χ4v) is 2.93. The Morgan fingerprint density at radius 2 is 1.42 bits per heavy atom. The lowest BCUT2D eigenvalue weighted by Gasteiger charge is -2.22. The van der Waals surface area contributed by atoms with Crippen LogP contribution in [0.4, 0.5) is 0 Å². The lowest BCUT2D eigenvalue weighted by molar-refractivity contribution is -0.153. The second kappa shape index (κ2) is 9.92. The molecule has 0 saturated heterocycles. The molecular formula is C22H28O2. The van der Waals surface area contributed by atoms with Crippen molar-refractivity contribution in [3.05, 3.63) is 71.8 Å². The number of ether oxygens (including phenoxy) is 1. The van der Waals surface area contributed by atoms with Crippen LogP contribution >= 0.6 is 0 Å². The molecule has 0 bridgehead atoms. The number of unbranched alkanes of at least 4 members (excludes halogenated alkanes) is 2. The minimum atomic E-state index is -0.333. The van der Waals surface area contributed by atoms with Crippen LogP contribution in [-0.4, -0.2) is 5.97 Å². The van der Waals surface area contributed by atoms with Gasteiger partial charge in [-0.25, -0.2) is 0 Å². The summed E-state index contributed by atoms with van der Waals surface area (Å²) in [5.74, 6) is -0.0854. The molecule has 2 aromatic rings. The van der Waals surface area contributed by atoms with Gasteiger partial charge >= 0.3 is 5.97 Å². The first-order chi connectivity index (χ1) is 11.8. The highest BCUT2D eigenvalue weighted by molar-refractivity contribution is 5.73. The number of carbonyl (C=O) groups excluding carboxylic acids is 1. The van der Waals surface area contributed by atoms with Gasteiger partial charge in [0, 0.05) is 0 Å². The van der Waals surface area contributed by atoms with E-state index >= 15 is 0 Å². The molecule has 0 aromatic heterocycles. The van der Waals surface area contributed by atoms with Crippen molar-refractivity contribution in [2.45, 2.75) is 52.1 Å². The van der Waals surface area contributed by atoms with E-state index in [1.54, 1.807) is 0 Å². The Bertz CT molecular complexity index is 552. The summed E-state index contributed by atoms with van der Waals surface area (Å²) in [6, 6.07) is 20.0. The number of esters is 1. The first kappa shape index (κ1) is 18.3. The van der Waals surface area contributed by atoms with Crippen LogP contribution in [-0.2, 0) is 9.53 Å². The normalized spacial score (nSPS) is 12.1. The number of hydrogen-bond acceptors (Lipinski definition) is 2. The van der Waals surface area contributed by atoms with E-state index in [2.05, 4.69) is 13.8 Å². The fraction of sp³-hybridized carbons (Fsp3) is 0.409. The van der Waals surface area contributed by atoms with Gasteiger partial charge in [0.2, 0.25) is 0 Å². The smallest absolute Gasteiger partial charge is 0.309 e. The zero-order valence-corrected chi connectivity index (χ0v) is 14.8. The molecule has 128 valence electrons.